The van der Waals surface area contributed by atoms with Crippen molar-refractivity contribution in [1.82, 2.24) is 14.5 Å². The van der Waals surface area contributed by atoms with Gasteiger partial charge in [-0.2, -0.15) is 0 Å². The van der Waals surface area contributed by atoms with Crippen LogP contribution in [0, 0.1) is 0 Å². The fourth-order valence-electron chi connectivity index (χ4n) is 2.66. The molecule has 0 spiro atoms. The second kappa shape index (κ2) is 6.18. The lowest BCUT2D eigenvalue weighted by atomic mass is 10.1. The second-order valence-corrected chi connectivity index (χ2v) is 5.97. The van der Waals surface area contributed by atoms with E-state index in [0.717, 1.165) is 18.7 Å². The lowest BCUT2D eigenvalue weighted by Gasteiger charge is -2.21. The summed E-state index contributed by atoms with van der Waals surface area (Å²) in [7, 11) is 1.49. The van der Waals surface area contributed by atoms with Crippen molar-refractivity contribution >= 4 is 29.1 Å². The maximum Gasteiger partial charge on any atom is 0.258 e. The van der Waals surface area contributed by atoms with E-state index in [1.165, 1.54) is 7.11 Å². The van der Waals surface area contributed by atoms with Crippen molar-refractivity contribution in [3.8, 4) is 5.75 Å². The average Bonchev–Trinajstić information content (AvgIpc) is 2.83. The average molecular weight is 340 g/mol. The van der Waals surface area contributed by atoms with E-state index in [0.29, 0.717) is 34.4 Å². The molecule has 2 aromatic rings. The zero-order valence-electron chi connectivity index (χ0n) is 12.1. The summed E-state index contributed by atoms with van der Waals surface area (Å²) in [6.45, 7) is 2.02. The molecular formula is C15H15Cl2N3O2. The first-order chi connectivity index (χ1) is 10.6. The molecule has 2 heterocycles. The number of ether oxygens (including phenoxy) is 1. The summed E-state index contributed by atoms with van der Waals surface area (Å²) in [6.07, 6.45) is 4.44. The third-order valence-electron chi connectivity index (χ3n) is 3.71. The molecule has 3 rings (SSSR count). The number of carbonyl (C=O) groups is 1. The van der Waals surface area contributed by atoms with Crippen LogP contribution in [-0.2, 0) is 13.1 Å². The summed E-state index contributed by atoms with van der Waals surface area (Å²) < 4.78 is 7.34. The maximum atomic E-state index is 12.9. The molecule has 5 nitrogen and oxygen atoms in total. The Morgan fingerprint density at radius 1 is 1.32 bits per heavy atom. The minimum absolute atomic E-state index is 0.143. The molecule has 1 aromatic heterocycles. The second-order valence-electron chi connectivity index (χ2n) is 5.13. The van der Waals surface area contributed by atoms with Gasteiger partial charge in [-0.05, 0) is 18.6 Å². The molecule has 0 radical (unpaired) electrons. The Kier molecular flexibility index (Phi) is 4.27. The number of methoxy groups -OCH3 is 1. The standard InChI is InChI=1S/C15H15Cl2N3O2/c1-22-14-12(5-10(16)6-13(14)17)15(21)19-3-2-4-20-9-18-7-11(20)8-19/h5-7,9H,2-4,8H2,1H3. The number of benzene rings is 1. The lowest BCUT2D eigenvalue weighted by molar-refractivity contribution is 0.0742. The van der Waals surface area contributed by atoms with Gasteiger partial charge in [0.2, 0.25) is 0 Å². The molecule has 0 fully saturated rings. The zero-order chi connectivity index (χ0) is 15.7. The van der Waals surface area contributed by atoms with Gasteiger partial charge in [0.05, 0.1) is 36.3 Å². The number of aryl methyl sites for hydroxylation is 1. The SMILES string of the molecule is COc1c(Cl)cc(Cl)cc1C(=O)N1CCCn2cncc2C1. The number of imidazole rings is 1. The van der Waals surface area contributed by atoms with Crippen LogP contribution in [0.5, 0.6) is 5.75 Å². The molecular weight excluding hydrogens is 325 g/mol. The molecule has 0 saturated carbocycles. The summed E-state index contributed by atoms with van der Waals surface area (Å²) in [5, 5.41) is 0.743. The van der Waals surface area contributed by atoms with Gasteiger partial charge in [-0.15, -0.1) is 0 Å². The first kappa shape index (κ1) is 15.2. The Labute approximate surface area is 138 Å². The fourth-order valence-corrected chi connectivity index (χ4v) is 3.23. The summed E-state index contributed by atoms with van der Waals surface area (Å²) >= 11 is 12.2. The first-order valence-corrected chi connectivity index (χ1v) is 7.67. The smallest absolute Gasteiger partial charge is 0.258 e. The molecule has 0 unspecified atom stereocenters. The van der Waals surface area contributed by atoms with Crippen LogP contribution in [0.25, 0.3) is 0 Å². The van der Waals surface area contributed by atoms with Crippen molar-refractivity contribution in [2.24, 2.45) is 0 Å². The van der Waals surface area contributed by atoms with Gasteiger partial charge in [0.25, 0.3) is 5.91 Å². The van der Waals surface area contributed by atoms with E-state index in [1.54, 1.807) is 29.6 Å². The maximum absolute atomic E-state index is 12.9. The molecule has 1 aromatic carbocycles. The van der Waals surface area contributed by atoms with Gasteiger partial charge in [-0.25, -0.2) is 4.98 Å². The molecule has 0 atom stereocenters. The van der Waals surface area contributed by atoms with Crippen molar-refractivity contribution in [2.75, 3.05) is 13.7 Å². The van der Waals surface area contributed by atoms with Gasteiger partial charge in [-0.3, -0.25) is 4.79 Å². The third kappa shape index (κ3) is 2.78. The van der Waals surface area contributed by atoms with E-state index in [1.807, 2.05) is 0 Å². The predicted octanol–water partition coefficient (Wildman–Crippen LogP) is 3.24. The summed E-state index contributed by atoms with van der Waals surface area (Å²) in [5.74, 6) is 0.213. The van der Waals surface area contributed by atoms with Crippen molar-refractivity contribution in [3.63, 3.8) is 0 Å². The molecule has 0 aliphatic carbocycles. The topological polar surface area (TPSA) is 47.4 Å². The highest BCUT2D eigenvalue weighted by Gasteiger charge is 2.24. The van der Waals surface area contributed by atoms with Crippen molar-refractivity contribution in [3.05, 3.63) is 46.0 Å². The Bertz CT molecular complexity index is 715. The van der Waals surface area contributed by atoms with Crippen molar-refractivity contribution in [2.45, 2.75) is 19.5 Å². The first-order valence-electron chi connectivity index (χ1n) is 6.91. The lowest BCUT2D eigenvalue weighted by Crippen LogP contribution is -2.31. The fraction of sp³-hybridized carbons (Fsp3) is 0.333. The number of aromatic nitrogens is 2. The molecule has 1 aliphatic heterocycles. The molecule has 116 valence electrons. The normalized spacial score (nSPS) is 14.4. The number of fused-ring (bicyclic) bond motifs is 1. The number of halogens is 2. The molecule has 1 amide bonds. The largest absolute Gasteiger partial charge is 0.494 e. The van der Waals surface area contributed by atoms with Gasteiger partial charge in [0.1, 0.15) is 5.75 Å². The molecule has 1 aliphatic rings. The van der Waals surface area contributed by atoms with Crippen LogP contribution in [0.15, 0.2) is 24.7 Å². The summed E-state index contributed by atoms with van der Waals surface area (Å²) in [6, 6.07) is 3.16. The predicted molar refractivity (Wildman–Crippen MR) is 84.6 cm³/mol. The van der Waals surface area contributed by atoms with Gasteiger partial charge >= 0.3 is 0 Å². The van der Waals surface area contributed by atoms with Gasteiger partial charge < -0.3 is 14.2 Å². The van der Waals surface area contributed by atoms with Crippen LogP contribution >= 0.6 is 23.2 Å². The van der Waals surface area contributed by atoms with Gasteiger partial charge in [0, 0.05) is 24.3 Å². The zero-order valence-corrected chi connectivity index (χ0v) is 13.6. The highest BCUT2D eigenvalue weighted by Crippen LogP contribution is 2.33. The third-order valence-corrected chi connectivity index (χ3v) is 4.21. The van der Waals surface area contributed by atoms with E-state index in [9.17, 15) is 4.79 Å². The van der Waals surface area contributed by atoms with Crippen LogP contribution in [0.1, 0.15) is 22.5 Å². The Balaban J connectivity index is 1.94. The summed E-state index contributed by atoms with van der Waals surface area (Å²) in [4.78, 5) is 18.8. The van der Waals surface area contributed by atoms with Crippen LogP contribution in [0.2, 0.25) is 10.0 Å². The molecule has 0 bridgehead atoms. The monoisotopic (exact) mass is 339 g/mol. The minimum atomic E-state index is -0.143. The molecule has 0 saturated heterocycles. The van der Waals surface area contributed by atoms with E-state index >= 15 is 0 Å². The van der Waals surface area contributed by atoms with E-state index in [4.69, 9.17) is 27.9 Å². The number of hydrogen-bond acceptors (Lipinski definition) is 3. The molecule has 0 N–H and O–H groups in total. The summed E-state index contributed by atoms with van der Waals surface area (Å²) in [5.41, 5.74) is 1.39. The van der Waals surface area contributed by atoms with Crippen LogP contribution in [0.4, 0.5) is 0 Å². The number of carbonyl (C=O) groups excluding carboxylic acids is 1. The quantitative estimate of drug-likeness (QED) is 0.843. The van der Waals surface area contributed by atoms with Crippen molar-refractivity contribution < 1.29 is 9.53 Å². The Morgan fingerprint density at radius 3 is 2.91 bits per heavy atom. The highest BCUT2D eigenvalue weighted by molar-refractivity contribution is 6.36. The van der Waals surface area contributed by atoms with Crippen LogP contribution < -0.4 is 4.74 Å². The van der Waals surface area contributed by atoms with Crippen LogP contribution in [-0.4, -0.2) is 34.0 Å². The van der Waals surface area contributed by atoms with Crippen LogP contribution in [0.3, 0.4) is 0 Å². The Morgan fingerprint density at radius 2 is 2.14 bits per heavy atom. The minimum Gasteiger partial charge on any atom is -0.494 e. The van der Waals surface area contributed by atoms with Gasteiger partial charge in [-0.1, -0.05) is 23.2 Å². The van der Waals surface area contributed by atoms with Gasteiger partial charge in [0.15, 0.2) is 0 Å². The molecule has 7 heteroatoms. The number of rotatable bonds is 2. The van der Waals surface area contributed by atoms with E-state index in [-0.39, 0.29) is 5.91 Å². The number of hydrogen-bond donors (Lipinski definition) is 0. The number of amides is 1. The Hall–Kier alpha value is -1.72. The van der Waals surface area contributed by atoms with Crippen molar-refractivity contribution in [1.29, 1.82) is 0 Å². The van der Waals surface area contributed by atoms with E-state index < -0.39 is 0 Å². The highest BCUT2D eigenvalue weighted by atomic mass is 35.5. The van der Waals surface area contributed by atoms with E-state index in [2.05, 4.69) is 9.55 Å². The number of nitrogens with zero attached hydrogens (tertiary/aromatic N) is 3. The molecule has 22 heavy (non-hydrogen) atoms.